The van der Waals surface area contributed by atoms with Crippen LogP contribution >= 0.6 is 0 Å². The molecule has 1 N–H and O–H groups in total. The molecule has 1 fully saturated rings. The largest absolute Gasteiger partial charge is 0.450 e. The van der Waals surface area contributed by atoms with E-state index in [0.29, 0.717) is 32.7 Å². The van der Waals surface area contributed by atoms with E-state index >= 15 is 0 Å². The number of ether oxygens (including phenoxy) is 1. The second-order valence-corrected chi connectivity index (χ2v) is 6.07. The normalized spacial score (nSPS) is 15.2. The summed E-state index contributed by atoms with van der Waals surface area (Å²) in [5.74, 6) is 0.0246. The van der Waals surface area contributed by atoms with Gasteiger partial charge in [-0.1, -0.05) is 12.1 Å². The van der Waals surface area contributed by atoms with E-state index in [1.54, 1.807) is 4.90 Å². The van der Waals surface area contributed by atoms with Crippen LogP contribution in [-0.4, -0.2) is 61.1 Å². The first-order chi connectivity index (χ1) is 11.5. The number of nitrogens with zero attached hydrogens (tertiary/aromatic N) is 2. The van der Waals surface area contributed by atoms with Crippen LogP contribution in [0.5, 0.6) is 0 Å². The Kier molecular flexibility index (Phi) is 6.61. The van der Waals surface area contributed by atoms with Crippen LogP contribution < -0.4 is 5.32 Å². The highest BCUT2D eigenvalue weighted by atomic mass is 16.6. The van der Waals surface area contributed by atoms with Crippen LogP contribution in [0.15, 0.2) is 18.2 Å². The topological polar surface area (TPSA) is 61.9 Å². The van der Waals surface area contributed by atoms with Crippen molar-refractivity contribution in [2.24, 2.45) is 0 Å². The first-order valence-corrected chi connectivity index (χ1v) is 8.51. The second-order valence-electron chi connectivity index (χ2n) is 6.07. The molecular formula is C18H27N3O3. The number of hydrogen-bond acceptors (Lipinski definition) is 4. The predicted octanol–water partition coefficient (Wildman–Crippen LogP) is 2.41. The minimum atomic E-state index is -0.246. The van der Waals surface area contributed by atoms with Crippen molar-refractivity contribution in [2.45, 2.75) is 27.2 Å². The molecule has 6 heteroatoms. The van der Waals surface area contributed by atoms with Gasteiger partial charge in [0.05, 0.1) is 6.61 Å². The minimum absolute atomic E-state index is 0.0246. The SMILES string of the molecule is CCOC(=O)N1CCN(CCC(=O)Nc2cccc(C)c2C)CC1. The molecule has 1 saturated heterocycles. The first kappa shape index (κ1) is 18.3. The fraction of sp³-hybridized carbons (Fsp3) is 0.556. The molecular weight excluding hydrogens is 306 g/mol. The number of anilines is 1. The Morgan fingerprint density at radius 1 is 1.17 bits per heavy atom. The summed E-state index contributed by atoms with van der Waals surface area (Å²) >= 11 is 0. The van der Waals surface area contributed by atoms with Crippen LogP contribution in [0.1, 0.15) is 24.5 Å². The molecule has 1 aliphatic rings. The van der Waals surface area contributed by atoms with Gasteiger partial charge in [-0.3, -0.25) is 9.69 Å². The van der Waals surface area contributed by atoms with Gasteiger partial charge in [0.2, 0.25) is 5.91 Å². The van der Waals surface area contributed by atoms with Crippen molar-refractivity contribution >= 4 is 17.7 Å². The van der Waals surface area contributed by atoms with Gasteiger partial charge in [-0.15, -0.1) is 0 Å². The van der Waals surface area contributed by atoms with E-state index in [1.807, 2.05) is 39.0 Å². The average Bonchev–Trinajstić information content (AvgIpc) is 2.58. The molecule has 0 saturated carbocycles. The van der Waals surface area contributed by atoms with E-state index in [4.69, 9.17) is 4.74 Å². The standard InChI is InChI=1S/C18H27N3O3/c1-4-24-18(23)21-12-10-20(11-13-21)9-8-17(22)19-16-7-5-6-14(2)15(16)3/h5-7H,4,8-13H2,1-3H3,(H,19,22). The average molecular weight is 333 g/mol. The zero-order chi connectivity index (χ0) is 17.5. The summed E-state index contributed by atoms with van der Waals surface area (Å²) in [5, 5.41) is 2.98. The molecule has 0 radical (unpaired) electrons. The van der Waals surface area contributed by atoms with E-state index in [2.05, 4.69) is 10.2 Å². The summed E-state index contributed by atoms with van der Waals surface area (Å²) in [6.45, 7) is 9.81. The fourth-order valence-corrected chi connectivity index (χ4v) is 2.73. The van der Waals surface area contributed by atoms with Crippen molar-refractivity contribution in [3.8, 4) is 0 Å². The lowest BCUT2D eigenvalue weighted by Gasteiger charge is -2.33. The van der Waals surface area contributed by atoms with Crippen LogP contribution in [0.3, 0.4) is 0 Å². The Morgan fingerprint density at radius 2 is 1.88 bits per heavy atom. The van der Waals surface area contributed by atoms with Gasteiger partial charge < -0.3 is 15.0 Å². The van der Waals surface area contributed by atoms with Crippen LogP contribution in [0, 0.1) is 13.8 Å². The Bertz CT molecular complexity index is 581. The molecule has 0 aliphatic carbocycles. The van der Waals surface area contributed by atoms with Crippen molar-refractivity contribution in [1.29, 1.82) is 0 Å². The highest BCUT2D eigenvalue weighted by Crippen LogP contribution is 2.18. The molecule has 1 aromatic rings. The zero-order valence-corrected chi connectivity index (χ0v) is 14.8. The number of carbonyl (C=O) groups excluding carboxylic acids is 2. The lowest BCUT2D eigenvalue weighted by Crippen LogP contribution is -2.49. The molecule has 1 aromatic carbocycles. The van der Waals surface area contributed by atoms with E-state index in [9.17, 15) is 9.59 Å². The van der Waals surface area contributed by atoms with Crippen LogP contribution in [-0.2, 0) is 9.53 Å². The molecule has 132 valence electrons. The number of rotatable bonds is 5. The number of benzene rings is 1. The van der Waals surface area contributed by atoms with E-state index < -0.39 is 0 Å². The molecule has 0 atom stereocenters. The molecule has 6 nitrogen and oxygen atoms in total. The van der Waals surface area contributed by atoms with Crippen molar-refractivity contribution in [3.63, 3.8) is 0 Å². The fourth-order valence-electron chi connectivity index (χ4n) is 2.73. The zero-order valence-electron chi connectivity index (χ0n) is 14.8. The lowest BCUT2D eigenvalue weighted by atomic mass is 10.1. The molecule has 0 aromatic heterocycles. The Morgan fingerprint density at radius 3 is 2.54 bits per heavy atom. The monoisotopic (exact) mass is 333 g/mol. The maximum atomic E-state index is 12.2. The highest BCUT2D eigenvalue weighted by molar-refractivity contribution is 5.91. The van der Waals surface area contributed by atoms with E-state index in [1.165, 1.54) is 5.56 Å². The second kappa shape index (κ2) is 8.68. The molecule has 1 heterocycles. The number of carbonyl (C=O) groups is 2. The van der Waals surface area contributed by atoms with E-state index in [-0.39, 0.29) is 12.0 Å². The van der Waals surface area contributed by atoms with Gasteiger partial charge in [-0.2, -0.15) is 0 Å². The summed E-state index contributed by atoms with van der Waals surface area (Å²) in [6, 6.07) is 5.92. The van der Waals surface area contributed by atoms with E-state index in [0.717, 1.165) is 24.3 Å². The number of nitrogens with one attached hydrogen (secondary N) is 1. The van der Waals surface area contributed by atoms with Crippen molar-refractivity contribution in [1.82, 2.24) is 9.80 Å². The first-order valence-electron chi connectivity index (χ1n) is 8.51. The maximum Gasteiger partial charge on any atom is 0.409 e. The molecule has 24 heavy (non-hydrogen) atoms. The van der Waals surface area contributed by atoms with Gasteiger partial charge in [0.25, 0.3) is 0 Å². The maximum absolute atomic E-state index is 12.2. The molecule has 0 bridgehead atoms. The number of amides is 2. The Hall–Kier alpha value is -2.08. The van der Waals surface area contributed by atoms with Gasteiger partial charge >= 0.3 is 6.09 Å². The Balaban J connectivity index is 1.73. The summed E-state index contributed by atoms with van der Waals surface area (Å²) in [4.78, 5) is 27.7. The van der Waals surface area contributed by atoms with Gasteiger partial charge in [0.1, 0.15) is 0 Å². The third kappa shape index (κ3) is 4.96. The third-order valence-corrected chi connectivity index (χ3v) is 4.43. The van der Waals surface area contributed by atoms with Crippen molar-refractivity contribution < 1.29 is 14.3 Å². The number of piperazine rings is 1. The lowest BCUT2D eigenvalue weighted by molar-refractivity contribution is -0.116. The number of hydrogen-bond donors (Lipinski definition) is 1. The van der Waals surface area contributed by atoms with Crippen LogP contribution in [0.25, 0.3) is 0 Å². The quantitative estimate of drug-likeness (QED) is 0.899. The van der Waals surface area contributed by atoms with Gasteiger partial charge in [-0.25, -0.2) is 4.79 Å². The van der Waals surface area contributed by atoms with Crippen molar-refractivity contribution in [2.75, 3.05) is 44.6 Å². The van der Waals surface area contributed by atoms with Crippen molar-refractivity contribution in [3.05, 3.63) is 29.3 Å². The van der Waals surface area contributed by atoms with Gasteiger partial charge in [-0.05, 0) is 38.0 Å². The van der Waals surface area contributed by atoms with Crippen LogP contribution in [0.2, 0.25) is 0 Å². The summed E-state index contributed by atoms with van der Waals surface area (Å²) in [7, 11) is 0. The molecule has 0 spiro atoms. The molecule has 1 aliphatic heterocycles. The smallest absolute Gasteiger partial charge is 0.409 e. The summed E-state index contributed by atoms with van der Waals surface area (Å²) < 4.78 is 5.01. The summed E-state index contributed by atoms with van der Waals surface area (Å²) in [5.41, 5.74) is 3.16. The number of aryl methyl sites for hydroxylation is 1. The highest BCUT2D eigenvalue weighted by Gasteiger charge is 2.22. The summed E-state index contributed by atoms with van der Waals surface area (Å²) in [6.07, 6.45) is 0.206. The Labute approximate surface area is 143 Å². The van der Waals surface area contributed by atoms with Crippen LogP contribution in [0.4, 0.5) is 10.5 Å². The molecule has 2 amide bonds. The van der Waals surface area contributed by atoms with Gasteiger partial charge in [0, 0.05) is 44.8 Å². The molecule has 0 unspecified atom stereocenters. The third-order valence-electron chi connectivity index (χ3n) is 4.43. The molecule has 2 rings (SSSR count). The predicted molar refractivity (Wildman–Crippen MR) is 94.2 cm³/mol. The minimum Gasteiger partial charge on any atom is -0.450 e. The van der Waals surface area contributed by atoms with Gasteiger partial charge in [0.15, 0.2) is 0 Å².